The Morgan fingerprint density at radius 1 is 0.650 bits per heavy atom. The number of rotatable bonds is 7. The normalized spacial score (nSPS) is 13.7. The summed E-state index contributed by atoms with van der Waals surface area (Å²) < 4.78 is 5.79. The first kappa shape index (κ1) is 34.2. The van der Waals surface area contributed by atoms with E-state index < -0.39 is 5.97 Å². The Morgan fingerprint density at radius 2 is 0.975 bits per heavy atom. The minimum absolute atomic E-state index is 0.188. The van der Waals surface area contributed by atoms with Gasteiger partial charge < -0.3 is 14.9 Å². The third-order valence-corrected chi connectivity index (χ3v) is 8.93. The molecule has 2 aromatic rings. The summed E-state index contributed by atoms with van der Waals surface area (Å²) in [5.41, 5.74) is 3.17. The number of benzene rings is 2. The summed E-state index contributed by atoms with van der Waals surface area (Å²) in [6.07, 6.45) is 2.29. The molecule has 4 nitrogen and oxygen atoms in total. The molecule has 2 aromatic carbocycles. The van der Waals surface area contributed by atoms with Gasteiger partial charge >= 0.3 is 5.97 Å². The fraction of sp³-hybridized carbons (Fsp3) is 0.559. The van der Waals surface area contributed by atoms with E-state index in [0.29, 0.717) is 5.75 Å². The Balaban J connectivity index is 2.63. The SMILES string of the molecule is CC(C)(Sc1cc(C(C)(C)C)c(O)c(C(C)(C)C)c1)Sc1cc(C(C)(C)C)c(O/C=C/C(=O)O)c(C(C)(C)C)c1. The quantitative estimate of drug-likeness (QED) is 0.146. The molecule has 0 aliphatic carbocycles. The van der Waals surface area contributed by atoms with E-state index in [4.69, 9.17) is 9.84 Å². The van der Waals surface area contributed by atoms with Gasteiger partial charge in [0, 0.05) is 32.0 Å². The van der Waals surface area contributed by atoms with E-state index in [1.807, 2.05) is 0 Å². The first-order chi connectivity index (χ1) is 17.8. The van der Waals surface area contributed by atoms with Crippen molar-refractivity contribution in [1.82, 2.24) is 0 Å². The Labute approximate surface area is 251 Å². The molecular weight excluding hydrogens is 537 g/mol. The zero-order chi connectivity index (χ0) is 31.1. The first-order valence-electron chi connectivity index (χ1n) is 13.8. The van der Waals surface area contributed by atoms with Crippen LogP contribution in [0.1, 0.15) is 119 Å². The lowest BCUT2D eigenvalue weighted by Crippen LogP contribution is -2.20. The van der Waals surface area contributed by atoms with Crippen LogP contribution in [0.4, 0.5) is 0 Å². The Kier molecular flexibility index (Phi) is 9.97. The van der Waals surface area contributed by atoms with Crippen LogP contribution < -0.4 is 4.74 Å². The number of thioether (sulfide) groups is 2. The lowest BCUT2D eigenvalue weighted by Gasteiger charge is -2.32. The van der Waals surface area contributed by atoms with Gasteiger partial charge in [-0.05, 0) is 59.8 Å². The molecule has 0 aliphatic heterocycles. The molecule has 0 saturated carbocycles. The maximum Gasteiger partial charge on any atom is 0.331 e. The van der Waals surface area contributed by atoms with E-state index >= 15 is 0 Å². The van der Waals surface area contributed by atoms with Gasteiger partial charge in [-0.1, -0.05) is 83.1 Å². The molecule has 0 radical (unpaired) electrons. The Bertz CT molecular complexity index is 1190. The molecule has 0 atom stereocenters. The maximum absolute atomic E-state index is 11.2. The molecule has 0 amide bonds. The largest absolute Gasteiger partial charge is 0.507 e. The number of ether oxygens (including phenoxy) is 1. The summed E-state index contributed by atoms with van der Waals surface area (Å²) in [5, 5.41) is 20.3. The van der Waals surface area contributed by atoms with Gasteiger partial charge in [-0.3, -0.25) is 0 Å². The minimum Gasteiger partial charge on any atom is -0.507 e. The van der Waals surface area contributed by atoms with Crippen molar-refractivity contribution in [1.29, 1.82) is 0 Å². The van der Waals surface area contributed by atoms with Gasteiger partial charge in [-0.25, -0.2) is 4.79 Å². The lowest BCUT2D eigenvalue weighted by atomic mass is 9.79. The van der Waals surface area contributed by atoms with Crippen molar-refractivity contribution >= 4 is 29.5 Å². The number of carboxylic acid groups (broad SMARTS) is 1. The highest BCUT2D eigenvalue weighted by atomic mass is 32.2. The molecule has 0 aromatic heterocycles. The second-order valence-corrected chi connectivity index (χ2v) is 18.7. The van der Waals surface area contributed by atoms with Crippen LogP contribution in [0.5, 0.6) is 11.5 Å². The third kappa shape index (κ3) is 8.97. The van der Waals surface area contributed by atoms with E-state index in [2.05, 4.69) is 121 Å². The first-order valence-corrected chi connectivity index (χ1v) is 15.5. The van der Waals surface area contributed by atoms with Crippen LogP contribution in [0.2, 0.25) is 0 Å². The minimum atomic E-state index is -1.04. The highest BCUT2D eigenvalue weighted by Gasteiger charge is 2.32. The summed E-state index contributed by atoms with van der Waals surface area (Å²) in [5.74, 6) is 0.0708. The molecule has 0 heterocycles. The molecule has 40 heavy (non-hydrogen) atoms. The van der Waals surface area contributed by atoms with Gasteiger partial charge in [-0.15, -0.1) is 23.5 Å². The topological polar surface area (TPSA) is 66.8 Å². The number of aromatic hydroxyl groups is 1. The van der Waals surface area contributed by atoms with Crippen molar-refractivity contribution in [3.05, 3.63) is 58.9 Å². The van der Waals surface area contributed by atoms with Gasteiger partial charge in [0.25, 0.3) is 0 Å². The van der Waals surface area contributed by atoms with Gasteiger partial charge in [0.2, 0.25) is 0 Å². The zero-order valence-corrected chi connectivity index (χ0v) is 28.6. The number of hydrogen-bond donors (Lipinski definition) is 2. The van der Waals surface area contributed by atoms with Crippen LogP contribution in [0.3, 0.4) is 0 Å². The van der Waals surface area contributed by atoms with Gasteiger partial charge in [-0.2, -0.15) is 0 Å². The second kappa shape index (κ2) is 11.7. The maximum atomic E-state index is 11.2. The van der Waals surface area contributed by atoms with E-state index in [0.717, 1.165) is 43.9 Å². The standard InChI is InChI=1S/C34H50O4S2/c1-30(2,3)23-17-21(18-24(28(23)37)31(4,5)6)39-34(13,14)40-22-19-25(32(7,8)9)29(38-16-15-27(35)36)26(20-22)33(10,11)12/h15-20,37H,1-14H3,(H,35,36)/b16-15+. The van der Waals surface area contributed by atoms with E-state index in [1.165, 1.54) is 6.26 Å². The summed E-state index contributed by atoms with van der Waals surface area (Å²) in [6, 6.07) is 8.66. The van der Waals surface area contributed by atoms with Gasteiger partial charge in [0.05, 0.1) is 16.4 Å². The van der Waals surface area contributed by atoms with Crippen LogP contribution in [0, 0.1) is 0 Å². The van der Waals surface area contributed by atoms with Crippen molar-refractivity contribution < 1.29 is 19.7 Å². The summed E-state index contributed by atoms with van der Waals surface area (Å²) in [6.45, 7) is 30.2. The van der Waals surface area contributed by atoms with Gasteiger partial charge in [0.1, 0.15) is 11.5 Å². The highest BCUT2D eigenvalue weighted by Crippen LogP contribution is 2.51. The van der Waals surface area contributed by atoms with Crippen molar-refractivity contribution in [3.8, 4) is 11.5 Å². The Morgan fingerprint density at radius 3 is 1.27 bits per heavy atom. The molecule has 2 N–H and O–H groups in total. The monoisotopic (exact) mass is 586 g/mol. The molecule has 0 unspecified atom stereocenters. The van der Waals surface area contributed by atoms with Crippen molar-refractivity contribution in [2.24, 2.45) is 0 Å². The molecule has 0 fully saturated rings. The van der Waals surface area contributed by atoms with E-state index in [-0.39, 0.29) is 25.7 Å². The average Bonchev–Trinajstić information content (AvgIpc) is 2.71. The molecule has 0 saturated heterocycles. The molecule has 2 rings (SSSR count). The number of aliphatic carboxylic acids is 1. The number of phenolic OH excluding ortho intramolecular Hbond substituents is 1. The fourth-order valence-corrected chi connectivity index (χ4v) is 7.05. The van der Waals surface area contributed by atoms with E-state index in [9.17, 15) is 9.90 Å². The molecule has 0 bridgehead atoms. The van der Waals surface area contributed by atoms with Crippen LogP contribution in [-0.2, 0) is 26.5 Å². The average molecular weight is 587 g/mol. The predicted molar refractivity (Wildman–Crippen MR) is 173 cm³/mol. The van der Waals surface area contributed by atoms with Crippen LogP contribution >= 0.6 is 23.5 Å². The van der Waals surface area contributed by atoms with Gasteiger partial charge in [0.15, 0.2) is 0 Å². The van der Waals surface area contributed by atoms with Crippen LogP contribution in [-0.4, -0.2) is 20.3 Å². The fourth-order valence-electron chi connectivity index (χ4n) is 4.46. The third-order valence-electron chi connectivity index (χ3n) is 6.50. The number of phenols is 1. The molecule has 0 spiro atoms. The van der Waals surface area contributed by atoms with Crippen molar-refractivity contribution in [2.75, 3.05) is 0 Å². The summed E-state index contributed by atoms with van der Waals surface area (Å²) in [7, 11) is 0. The smallest absolute Gasteiger partial charge is 0.331 e. The van der Waals surface area contributed by atoms with Crippen molar-refractivity contribution in [3.63, 3.8) is 0 Å². The zero-order valence-electron chi connectivity index (χ0n) is 27.0. The number of hydrogen-bond acceptors (Lipinski definition) is 5. The summed E-state index contributed by atoms with van der Waals surface area (Å²) in [4.78, 5) is 13.4. The van der Waals surface area contributed by atoms with E-state index in [1.54, 1.807) is 23.5 Å². The molecule has 222 valence electrons. The molecule has 6 heteroatoms. The summed E-state index contributed by atoms with van der Waals surface area (Å²) >= 11 is 3.60. The number of carboxylic acids is 1. The van der Waals surface area contributed by atoms with Crippen LogP contribution in [0.15, 0.2) is 46.4 Å². The second-order valence-electron chi connectivity index (χ2n) is 15.1. The lowest BCUT2D eigenvalue weighted by molar-refractivity contribution is -0.131. The number of carbonyl (C=O) groups is 1. The van der Waals surface area contributed by atoms with Crippen LogP contribution in [0.25, 0.3) is 0 Å². The highest BCUT2D eigenvalue weighted by molar-refractivity contribution is 8.18. The van der Waals surface area contributed by atoms with Crippen molar-refractivity contribution in [2.45, 2.75) is 132 Å². The Hall–Kier alpha value is -2.05. The molecule has 0 aliphatic rings. The molecular formula is C34H50O4S2. The predicted octanol–water partition coefficient (Wildman–Crippen LogP) is 10.2.